The van der Waals surface area contributed by atoms with Crippen molar-refractivity contribution < 1.29 is 24.5 Å². The predicted molar refractivity (Wildman–Crippen MR) is 116 cm³/mol. The van der Waals surface area contributed by atoms with Crippen LogP contribution in [0.3, 0.4) is 0 Å². The van der Waals surface area contributed by atoms with Gasteiger partial charge in [0.05, 0.1) is 6.61 Å². The maximum absolute atomic E-state index is 12.2. The van der Waals surface area contributed by atoms with Crippen LogP contribution in [0.4, 0.5) is 5.82 Å². The van der Waals surface area contributed by atoms with Gasteiger partial charge in [-0.1, -0.05) is 19.1 Å². The number of aromatic carboxylic acids is 2. The van der Waals surface area contributed by atoms with E-state index in [4.69, 9.17) is 10.5 Å². The first-order valence-electron chi connectivity index (χ1n) is 10.3. The highest BCUT2D eigenvalue weighted by atomic mass is 16.5. The lowest BCUT2D eigenvalue weighted by Crippen LogP contribution is -2.35. The SMILES string of the molecule is CC1CCCN(CCCOc2cccc(-c3c(C(=O)O)c(N)[nH]c(=O)c3C(=O)O)c2)C1. The van der Waals surface area contributed by atoms with E-state index in [1.54, 1.807) is 12.1 Å². The highest BCUT2D eigenvalue weighted by Gasteiger charge is 2.26. The Hall–Kier alpha value is -3.33. The number of piperidine rings is 1. The fourth-order valence-corrected chi connectivity index (χ4v) is 4.04. The number of nitrogens with zero attached hydrogens (tertiary/aromatic N) is 1. The van der Waals surface area contributed by atoms with Crippen molar-refractivity contribution in [1.82, 2.24) is 9.88 Å². The van der Waals surface area contributed by atoms with Crippen molar-refractivity contribution in [2.75, 3.05) is 32.0 Å². The number of nitrogen functional groups attached to an aromatic ring is 1. The highest BCUT2D eigenvalue weighted by molar-refractivity contribution is 6.07. The fraction of sp³-hybridized carbons (Fsp3) is 0.409. The molecular weight excluding hydrogens is 402 g/mol. The number of rotatable bonds is 8. The summed E-state index contributed by atoms with van der Waals surface area (Å²) in [6.07, 6.45) is 3.31. The third-order valence-corrected chi connectivity index (χ3v) is 5.42. The zero-order valence-corrected chi connectivity index (χ0v) is 17.4. The molecule has 3 rings (SSSR count). The molecule has 0 spiro atoms. The molecule has 0 saturated carbocycles. The smallest absolute Gasteiger partial charge is 0.342 e. The van der Waals surface area contributed by atoms with E-state index in [1.165, 1.54) is 25.0 Å². The third-order valence-electron chi connectivity index (χ3n) is 5.42. The minimum Gasteiger partial charge on any atom is -0.494 e. The molecule has 1 aliphatic heterocycles. The Balaban J connectivity index is 1.81. The van der Waals surface area contributed by atoms with Crippen molar-refractivity contribution in [3.8, 4) is 16.9 Å². The van der Waals surface area contributed by atoms with Crippen LogP contribution in [0.25, 0.3) is 11.1 Å². The third kappa shape index (κ3) is 5.24. The molecular formula is C22H27N3O6. The van der Waals surface area contributed by atoms with Crippen LogP contribution in [-0.2, 0) is 0 Å². The summed E-state index contributed by atoms with van der Waals surface area (Å²) in [5.41, 5.74) is 3.56. The van der Waals surface area contributed by atoms with Gasteiger partial charge >= 0.3 is 11.9 Å². The number of ether oxygens (including phenoxy) is 1. The standard InChI is InChI=1S/C22H27N3O6/c1-13-5-3-8-25(12-13)9-4-10-31-15-7-2-6-14(11-15)16-17(21(27)28)19(23)24-20(26)18(16)22(29)30/h2,6-7,11,13H,3-5,8-10,12H2,1H3,(H,27,28)(H,29,30)(H3,23,24,26). The second-order valence-corrected chi connectivity index (χ2v) is 7.88. The lowest BCUT2D eigenvalue weighted by molar-refractivity contribution is 0.0695. The second kappa shape index (κ2) is 9.65. The molecule has 2 heterocycles. The number of nitrogens with two attached hydrogens (primary N) is 1. The number of carboxylic acids is 2. The summed E-state index contributed by atoms with van der Waals surface area (Å²) >= 11 is 0. The summed E-state index contributed by atoms with van der Waals surface area (Å²) in [7, 11) is 0. The number of aromatic amines is 1. The predicted octanol–water partition coefficient (Wildman–Crippen LogP) is 2.52. The monoisotopic (exact) mass is 429 g/mol. The number of carboxylic acid groups (broad SMARTS) is 2. The van der Waals surface area contributed by atoms with Gasteiger partial charge in [0, 0.05) is 18.7 Å². The number of H-pyrrole nitrogens is 1. The largest absolute Gasteiger partial charge is 0.494 e. The van der Waals surface area contributed by atoms with Crippen LogP contribution in [-0.4, -0.2) is 58.3 Å². The summed E-state index contributed by atoms with van der Waals surface area (Å²) in [6, 6.07) is 6.36. The molecule has 0 aliphatic carbocycles. The number of likely N-dealkylation sites (tertiary alicyclic amines) is 1. The van der Waals surface area contributed by atoms with E-state index < -0.39 is 34.4 Å². The molecule has 1 aromatic carbocycles. The van der Waals surface area contributed by atoms with Crippen LogP contribution in [0.5, 0.6) is 5.75 Å². The van der Waals surface area contributed by atoms with E-state index in [0.29, 0.717) is 18.3 Å². The number of anilines is 1. The van der Waals surface area contributed by atoms with Crippen LogP contribution in [0, 0.1) is 5.92 Å². The lowest BCUT2D eigenvalue weighted by Gasteiger charge is -2.30. The average Bonchev–Trinajstić information content (AvgIpc) is 2.70. The Morgan fingerprint density at radius 1 is 1.26 bits per heavy atom. The first-order chi connectivity index (χ1) is 14.8. The number of nitrogens with one attached hydrogen (secondary N) is 1. The summed E-state index contributed by atoms with van der Waals surface area (Å²) in [5.74, 6) is -2.22. The number of pyridine rings is 1. The van der Waals surface area contributed by atoms with Crippen molar-refractivity contribution in [3.05, 3.63) is 45.7 Å². The van der Waals surface area contributed by atoms with Gasteiger partial charge in [0.15, 0.2) is 0 Å². The zero-order valence-electron chi connectivity index (χ0n) is 17.4. The molecule has 166 valence electrons. The Morgan fingerprint density at radius 3 is 2.68 bits per heavy atom. The van der Waals surface area contributed by atoms with E-state index in [9.17, 15) is 24.6 Å². The van der Waals surface area contributed by atoms with Crippen molar-refractivity contribution in [2.24, 2.45) is 5.92 Å². The quantitative estimate of drug-likeness (QED) is 0.468. The van der Waals surface area contributed by atoms with Crippen molar-refractivity contribution >= 4 is 17.8 Å². The van der Waals surface area contributed by atoms with Gasteiger partial charge in [-0.15, -0.1) is 0 Å². The molecule has 1 aromatic heterocycles. The Bertz CT molecular complexity index is 1030. The number of carbonyl (C=O) groups is 2. The Labute approximate surface area is 179 Å². The zero-order chi connectivity index (χ0) is 22.5. The van der Waals surface area contributed by atoms with Crippen LogP contribution < -0.4 is 16.0 Å². The van der Waals surface area contributed by atoms with Crippen LogP contribution in [0.2, 0.25) is 0 Å². The molecule has 9 heteroatoms. The average molecular weight is 429 g/mol. The molecule has 9 nitrogen and oxygen atoms in total. The highest BCUT2D eigenvalue weighted by Crippen LogP contribution is 2.31. The van der Waals surface area contributed by atoms with Gasteiger partial charge in [0.25, 0.3) is 5.56 Å². The van der Waals surface area contributed by atoms with Gasteiger partial charge in [-0.05, 0) is 49.4 Å². The van der Waals surface area contributed by atoms with E-state index in [1.807, 2.05) is 0 Å². The minimum atomic E-state index is -1.54. The minimum absolute atomic E-state index is 0.231. The van der Waals surface area contributed by atoms with Crippen molar-refractivity contribution in [2.45, 2.75) is 26.2 Å². The summed E-state index contributed by atoms with van der Waals surface area (Å²) < 4.78 is 5.81. The fourth-order valence-electron chi connectivity index (χ4n) is 4.04. The van der Waals surface area contributed by atoms with E-state index in [-0.39, 0.29) is 11.1 Å². The number of aromatic nitrogens is 1. The molecule has 1 aliphatic rings. The van der Waals surface area contributed by atoms with Gasteiger partial charge in [0.1, 0.15) is 22.7 Å². The van der Waals surface area contributed by atoms with Crippen LogP contribution in [0.15, 0.2) is 29.1 Å². The molecule has 0 amide bonds. The van der Waals surface area contributed by atoms with Gasteiger partial charge in [-0.2, -0.15) is 0 Å². The summed E-state index contributed by atoms with van der Waals surface area (Å²) in [4.78, 5) is 40.1. The van der Waals surface area contributed by atoms with Crippen molar-refractivity contribution in [1.29, 1.82) is 0 Å². The maximum atomic E-state index is 12.2. The van der Waals surface area contributed by atoms with E-state index >= 15 is 0 Å². The molecule has 2 aromatic rings. The first-order valence-corrected chi connectivity index (χ1v) is 10.3. The number of hydrogen-bond donors (Lipinski definition) is 4. The molecule has 1 atom stereocenters. The molecule has 0 radical (unpaired) electrons. The molecule has 5 N–H and O–H groups in total. The second-order valence-electron chi connectivity index (χ2n) is 7.88. The first kappa shape index (κ1) is 22.4. The van der Waals surface area contributed by atoms with Gasteiger partial charge in [-0.3, -0.25) is 4.79 Å². The summed E-state index contributed by atoms with van der Waals surface area (Å²) in [6.45, 7) is 5.84. The van der Waals surface area contributed by atoms with E-state index in [0.717, 1.165) is 26.1 Å². The van der Waals surface area contributed by atoms with Gasteiger partial charge in [-0.25, -0.2) is 9.59 Å². The molecule has 1 fully saturated rings. The normalized spacial score (nSPS) is 16.7. The van der Waals surface area contributed by atoms with Crippen LogP contribution >= 0.6 is 0 Å². The topological polar surface area (TPSA) is 146 Å². The van der Waals surface area contributed by atoms with E-state index in [2.05, 4.69) is 16.8 Å². The molecule has 31 heavy (non-hydrogen) atoms. The van der Waals surface area contributed by atoms with Gasteiger partial charge in [0.2, 0.25) is 0 Å². The molecule has 1 unspecified atom stereocenters. The van der Waals surface area contributed by atoms with Gasteiger partial charge < -0.3 is 30.6 Å². The summed E-state index contributed by atoms with van der Waals surface area (Å²) in [5, 5.41) is 19.1. The van der Waals surface area contributed by atoms with Crippen LogP contribution in [0.1, 0.15) is 46.9 Å². The maximum Gasteiger partial charge on any atom is 0.342 e. The Kier molecular flexibility index (Phi) is 6.96. The number of hydrogen-bond acceptors (Lipinski definition) is 6. The molecule has 0 bridgehead atoms. The number of benzene rings is 1. The Morgan fingerprint density at radius 2 is 2.00 bits per heavy atom. The lowest BCUT2D eigenvalue weighted by atomic mass is 9.95. The van der Waals surface area contributed by atoms with Crippen molar-refractivity contribution in [3.63, 3.8) is 0 Å². The molecule has 1 saturated heterocycles.